The molecule has 1 aromatic rings. The summed E-state index contributed by atoms with van der Waals surface area (Å²) in [7, 11) is 4.33. The molecule has 0 aromatic heterocycles. The molecule has 0 N–H and O–H groups in total. The van der Waals surface area contributed by atoms with Crippen LogP contribution in [0.4, 0.5) is 0 Å². The standard InChI is InChI=1S/C12H14O4/c1-14-8-10(12(13)16-3)9-6-4-5-7-11(9)15-2/h4-8H,1-3H3. The summed E-state index contributed by atoms with van der Waals surface area (Å²) < 4.78 is 14.7. The number of esters is 1. The van der Waals surface area contributed by atoms with Gasteiger partial charge in [0.25, 0.3) is 0 Å². The Kier molecular flexibility index (Phi) is 4.39. The maximum Gasteiger partial charge on any atom is 0.341 e. The van der Waals surface area contributed by atoms with E-state index in [1.54, 1.807) is 19.2 Å². The van der Waals surface area contributed by atoms with Crippen molar-refractivity contribution in [3.8, 4) is 5.75 Å². The van der Waals surface area contributed by atoms with E-state index in [0.717, 1.165) is 0 Å². The largest absolute Gasteiger partial charge is 0.503 e. The van der Waals surface area contributed by atoms with Crippen LogP contribution in [0.2, 0.25) is 0 Å². The van der Waals surface area contributed by atoms with Gasteiger partial charge < -0.3 is 14.2 Å². The maximum atomic E-state index is 11.5. The van der Waals surface area contributed by atoms with E-state index in [1.165, 1.54) is 20.5 Å². The van der Waals surface area contributed by atoms with Crippen LogP contribution >= 0.6 is 0 Å². The minimum atomic E-state index is -0.466. The third kappa shape index (κ3) is 2.53. The van der Waals surface area contributed by atoms with Gasteiger partial charge in [-0.1, -0.05) is 18.2 Å². The second-order valence-electron chi connectivity index (χ2n) is 2.96. The zero-order valence-electron chi connectivity index (χ0n) is 9.52. The highest BCUT2D eigenvalue weighted by Crippen LogP contribution is 2.26. The second kappa shape index (κ2) is 5.80. The van der Waals surface area contributed by atoms with Crippen molar-refractivity contribution in [1.82, 2.24) is 0 Å². The van der Waals surface area contributed by atoms with E-state index >= 15 is 0 Å². The molecule has 0 unspecified atom stereocenters. The molecule has 0 atom stereocenters. The number of carbonyl (C=O) groups excluding carboxylic acids is 1. The fourth-order valence-electron chi connectivity index (χ4n) is 1.32. The lowest BCUT2D eigenvalue weighted by atomic mass is 10.1. The van der Waals surface area contributed by atoms with Crippen molar-refractivity contribution in [2.24, 2.45) is 0 Å². The van der Waals surface area contributed by atoms with Gasteiger partial charge in [0.2, 0.25) is 0 Å². The summed E-state index contributed by atoms with van der Waals surface area (Å²) in [4.78, 5) is 11.5. The lowest BCUT2D eigenvalue weighted by Crippen LogP contribution is -2.05. The van der Waals surface area contributed by atoms with Crippen molar-refractivity contribution in [1.29, 1.82) is 0 Å². The zero-order valence-corrected chi connectivity index (χ0v) is 9.52. The lowest BCUT2D eigenvalue weighted by Gasteiger charge is -2.09. The fourth-order valence-corrected chi connectivity index (χ4v) is 1.32. The van der Waals surface area contributed by atoms with Gasteiger partial charge in [0.1, 0.15) is 11.3 Å². The predicted molar refractivity (Wildman–Crippen MR) is 60.0 cm³/mol. The molecule has 4 nitrogen and oxygen atoms in total. The van der Waals surface area contributed by atoms with Crippen LogP contribution in [0.5, 0.6) is 5.75 Å². The second-order valence-corrected chi connectivity index (χ2v) is 2.96. The first-order valence-corrected chi connectivity index (χ1v) is 4.69. The van der Waals surface area contributed by atoms with Gasteiger partial charge in [-0.3, -0.25) is 0 Å². The Morgan fingerprint density at radius 3 is 2.44 bits per heavy atom. The summed E-state index contributed by atoms with van der Waals surface area (Å²) >= 11 is 0. The van der Waals surface area contributed by atoms with Crippen LogP contribution < -0.4 is 4.74 Å². The summed E-state index contributed by atoms with van der Waals surface area (Å²) in [5, 5.41) is 0. The Hall–Kier alpha value is -1.97. The van der Waals surface area contributed by atoms with Gasteiger partial charge in [-0.15, -0.1) is 0 Å². The molecule has 0 aliphatic rings. The van der Waals surface area contributed by atoms with Crippen molar-refractivity contribution in [2.75, 3.05) is 21.3 Å². The van der Waals surface area contributed by atoms with Gasteiger partial charge in [0.15, 0.2) is 0 Å². The molecule has 1 rings (SSSR count). The third-order valence-electron chi connectivity index (χ3n) is 2.04. The van der Waals surface area contributed by atoms with Crippen molar-refractivity contribution >= 4 is 11.5 Å². The van der Waals surface area contributed by atoms with Crippen molar-refractivity contribution in [2.45, 2.75) is 0 Å². The van der Waals surface area contributed by atoms with Crippen LogP contribution in [-0.2, 0) is 14.3 Å². The average molecular weight is 222 g/mol. The number of ether oxygens (including phenoxy) is 3. The van der Waals surface area contributed by atoms with Crippen molar-refractivity contribution < 1.29 is 19.0 Å². The van der Waals surface area contributed by atoms with E-state index in [0.29, 0.717) is 16.9 Å². The van der Waals surface area contributed by atoms with Crippen LogP contribution in [0, 0.1) is 0 Å². The van der Waals surface area contributed by atoms with E-state index < -0.39 is 5.97 Å². The molecule has 1 aromatic carbocycles. The Bertz CT molecular complexity index is 396. The summed E-state index contributed by atoms with van der Waals surface area (Å²) in [5.74, 6) is 0.127. The first kappa shape index (κ1) is 12.1. The van der Waals surface area contributed by atoms with Crippen LogP contribution in [0.3, 0.4) is 0 Å². The number of hydrogen-bond donors (Lipinski definition) is 0. The van der Waals surface area contributed by atoms with Gasteiger partial charge in [-0.05, 0) is 6.07 Å². The molecule has 0 fully saturated rings. The number of para-hydroxylation sites is 1. The number of hydrogen-bond acceptors (Lipinski definition) is 4. The minimum Gasteiger partial charge on any atom is -0.503 e. The van der Waals surface area contributed by atoms with Crippen LogP contribution in [-0.4, -0.2) is 27.3 Å². The van der Waals surface area contributed by atoms with Gasteiger partial charge in [-0.25, -0.2) is 4.79 Å². The Morgan fingerprint density at radius 2 is 1.88 bits per heavy atom. The van der Waals surface area contributed by atoms with E-state index in [-0.39, 0.29) is 0 Å². The number of carbonyl (C=O) groups is 1. The lowest BCUT2D eigenvalue weighted by molar-refractivity contribution is -0.133. The van der Waals surface area contributed by atoms with Crippen LogP contribution in [0.1, 0.15) is 5.56 Å². The molecule has 4 heteroatoms. The smallest absolute Gasteiger partial charge is 0.341 e. The first-order chi connectivity index (χ1) is 7.74. The molecule has 16 heavy (non-hydrogen) atoms. The Labute approximate surface area is 94.4 Å². The molecule has 0 saturated heterocycles. The number of benzene rings is 1. The quantitative estimate of drug-likeness (QED) is 0.443. The molecule has 0 heterocycles. The summed E-state index contributed by atoms with van der Waals surface area (Å²) in [6.07, 6.45) is 1.34. The highest BCUT2D eigenvalue weighted by molar-refractivity contribution is 6.16. The van der Waals surface area contributed by atoms with Crippen LogP contribution in [0.25, 0.3) is 5.57 Å². The first-order valence-electron chi connectivity index (χ1n) is 4.69. The van der Waals surface area contributed by atoms with E-state index in [4.69, 9.17) is 9.47 Å². The fraction of sp³-hybridized carbons (Fsp3) is 0.250. The zero-order chi connectivity index (χ0) is 12.0. The molecule has 0 amide bonds. The van der Waals surface area contributed by atoms with Gasteiger partial charge >= 0.3 is 5.97 Å². The topological polar surface area (TPSA) is 44.8 Å². The van der Waals surface area contributed by atoms with Gasteiger partial charge in [0.05, 0.1) is 27.6 Å². The number of rotatable bonds is 4. The monoisotopic (exact) mass is 222 g/mol. The van der Waals surface area contributed by atoms with Crippen molar-refractivity contribution in [3.63, 3.8) is 0 Å². The molecule has 0 bridgehead atoms. The SMILES string of the molecule is COC=C(C(=O)OC)c1ccccc1OC. The molecule has 0 saturated carbocycles. The molecule has 86 valence electrons. The summed E-state index contributed by atoms with van der Waals surface area (Å²) in [6, 6.07) is 7.16. The maximum absolute atomic E-state index is 11.5. The molecule has 0 spiro atoms. The molecule has 0 aliphatic heterocycles. The third-order valence-corrected chi connectivity index (χ3v) is 2.04. The average Bonchev–Trinajstić information content (AvgIpc) is 2.35. The summed E-state index contributed by atoms with van der Waals surface area (Å²) in [5.41, 5.74) is 0.959. The highest BCUT2D eigenvalue weighted by atomic mass is 16.5. The van der Waals surface area contributed by atoms with E-state index in [1.807, 2.05) is 12.1 Å². The normalized spacial score (nSPS) is 10.8. The van der Waals surface area contributed by atoms with Gasteiger partial charge in [-0.2, -0.15) is 0 Å². The van der Waals surface area contributed by atoms with Crippen LogP contribution in [0.15, 0.2) is 30.5 Å². The highest BCUT2D eigenvalue weighted by Gasteiger charge is 2.16. The minimum absolute atomic E-state index is 0.322. The predicted octanol–water partition coefficient (Wildman–Crippen LogP) is 1.86. The van der Waals surface area contributed by atoms with E-state index in [2.05, 4.69) is 4.74 Å². The van der Waals surface area contributed by atoms with Crippen molar-refractivity contribution in [3.05, 3.63) is 36.1 Å². The summed E-state index contributed by atoms with van der Waals surface area (Å²) in [6.45, 7) is 0. The molecular formula is C12H14O4. The molecule has 0 radical (unpaired) electrons. The Morgan fingerprint density at radius 1 is 1.19 bits per heavy atom. The number of methoxy groups -OCH3 is 3. The van der Waals surface area contributed by atoms with Gasteiger partial charge in [0, 0.05) is 5.56 Å². The van der Waals surface area contributed by atoms with E-state index in [9.17, 15) is 4.79 Å². The Balaban J connectivity index is 3.21. The molecular weight excluding hydrogens is 208 g/mol. The molecule has 0 aliphatic carbocycles.